The fourth-order valence-electron chi connectivity index (χ4n) is 2.82. The molecule has 20 heavy (non-hydrogen) atoms. The minimum Gasteiger partial charge on any atom is -0.462 e. The van der Waals surface area contributed by atoms with E-state index in [9.17, 15) is 9.90 Å². The van der Waals surface area contributed by atoms with Crippen LogP contribution in [-0.2, 0) is 9.53 Å². The van der Waals surface area contributed by atoms with Crippen molar-refractivity contribution < 1.29 is 14.6 Å². The van der Waals surface area contributed by atoms with Crippen LogP contribution in [0.15, 0.2) is 0 Å². The predicted octanol–water partition coefficient (Wildman–Crippen LogP) is 1.15. The molecule has 0 saturated carbocycles. The Kier molecular flexibility index (Phi) is 7.48. The first-order valence-electron chi connectivity index (χ1n) is 7.66. The van der Waals surface area contributed by atoms with Gasteiger partial charge in [-0.2, -0.15) is 0 Å². The van der Waals surface area contributed by atoms with Crippen LogP contribution in [0.3, 0.4) is 0 Å². The summed E-state index contributed by atoms with van der Waals surface area (Å²) in [5, 5.41) is 12.6. The quantitative estimate of drug-likeness (QED) is 0.762. The molecule has 2 N–H and O–H groups in total. The van der Waals surface area contributed by atoms with E-state index < -0.39 is 0 Å². The Hall–Kier alpha value is -0.650. The van der Waals surface area contributed by atoms with Crippen molar-refractivity contribution in [3.8, 4) is 0 Å². The van der Waals surface area contributed by atoms with E-state index in [1.807, 2.05) is 20.8 Å². The van der Waals surface area contributed by atoms with E-state index in [0.29, 0.717) is 19.1 Å². The summed E-state index contributed by atoms with van der Waals surface area (Å²) in [5.41, 5.74) is -0.318. The molecule has 0 aromatic carbocycles. The lowest BCUT2D eigenvalue weighted by molar-refractivity contribution is -0.138. The molecule has 0 bridgehead atoms. The first-order valence-corrected chi connectivity index (χ1v) is 7.66. The van der Waals surface area contributed by atoms with Gasteiger partial charge in [0.1, 0.15) is 5.60 Å². The highest BCUT2D eigenvalue weighted by atomic mass is 16.5. The zero-order valence-corrected chi connectivity index (χ0v) is 13.1. The molecular formula is C15H30N2O3. The monoisotopic (exact) mass is 286 g/mol. The van der Waals surface area contributed by atoms with Crippen molar-refractivity contribution in [3.63, 3.8) is 0 Å². The molecule has 2 rings (SSSR count). The van der Waals surface area contributed by atoms with E-state index in [1.54, 1.807) is 0 Å². The molecule has 2 fully saturated rings. The molecule has 2 heterocycles. The average Bonchev–Trinajstić information content (AvgIpc) is 2.87. The predicted molar refractivity (Wildman–Crippen MR) is 79.6 cm³/mol. The molecule has 2 saturated heterocycles. The van der Waals surface area contributed by atoms with Crippen LogP contribution in [-0.4, -0.2) is 60.4 Å². The molecule has 1 unspecified atom stereocenters. The molecular weight excluding hydrogens is 256 g/mol. The van der Waals surface area contributed by atoms with Gasteiger partial charge in [0, 0.05) is 12.1 Å². The van der Waals surface area contributed by atoms with Crippen LogP contribution >= 0.6 is 0 Å². The Morgan fingerprint density at radius 2 is 1.95 bits per heavy atom. The molecule has 2 aliphatic rings. The highest BCUT2D eigenvalue weighted by Crippen LogP contribution is 2.23. The summed E-state index contributed by atoms with van der Waals surface area (Å²) in [6.45, 7) is 9.78. The van der Waals surface area contributed by atoms with Crippen LogP contribution in [0.4, 0.5) is 0 Å². The van der Waals surface area contributed by atoms with E-state index in [-0.39, 0.29) is 5.60 Å². The highest BCUT2D eigenvalue weighted by molar-refractivity contribution is 5.37. The summed E-state index contributed by atoms with van der Waals surface area (Å²) in [6, 6.07) is 1.20. The average molecular weight is 286 g/mol. The highest BCUT2D eigenvalue weighted by Gasteiger charge is 2.30. The lowest BCUT2D eigenvalue weighted by atomic mass is 10.0. The van der Waals surface area contributed by atoms with Crippen LogP contribution in [0, 0.1) is 0 Å². The number of aliphatic hydroxyl groups is 1. The summed E-state index contributed by atoms with van der Waals surface area (Å²) in [4.78, 5) is 12.1. The second-order valence-electron chi connectivity index (χ2n) is 6.52. The summed E-state index contributed by atoms with van der Waals surface area (Å²) in [5.74, 6) is 0. The number of nitrogens with zero attached hydrogens (tertiary/aromatic N) is 1. The van der Waals surface area contributed by atoms with Gasteiger partial charge in [0.25, 0.3) is 6.47 Å². The first kappa shape index (κ1) is 17.4. The number of piperidine rings is 1. The molecule has 2 aliphatic heterocycles. The number of carbonyl (C=O) groups is 1. The summed E-state index contributed by atoms with van der Waals surface area (Å²) in [6.07, 6.45) is 4.99. The van der Waals surface area contributed by atoms with Gasteiger partial charge < -0.3 is 15.2 Å². The van der Waals surface area contributed by atoms with Crippen molar-refractivity contribution in [2.24, 2.45) is 0 Å². The maximum absolute atomic E-state index is 9.60. The molecule has 5 nitrogen and oxygen atoms in total. The van der Waals surface area contributed by atoms with Gasteiger partial charge >= 0.3 is 0 Å². The molecule has 0 radical (unpaired) electrons. The maximum atomic E-state index is 9.60. The zero-order chi connectivity index (χ0) is 15.0. The number of nitrogens with one attached hydrogen (secondary N) is 1. The van der Waals surface area contributed by atoms with E-state index >= 15 is 0 Å². The Morgan fingerprint density at radius 1 is 1.30 bits per heavy atom. The molecule has 118 valence electrons. The topological polar surface area (TPSA) is 61.8 Å². The number of hydrogen-bond donors (Lipinski definition) is 2. The number of ether oxygens (including phenoxy) is 1. The van der Waals surface area contributed by atoms with Gasteiger partial charge in [-0.3, -0.25) is 9.69 Å². The zero-order valence-electron chi connectivity index (χ0n) is 13.1. The fourth-order valence-corrected chi connectivity index (χ4v) is 2.82. The van der Waals surface area contributed by atoms with Crippen LogP contribution in [0.25, 0.3) is 0 Å². The number of hydrogen-bond acceptors (Lipinski definition) is 5. The molecule has 0 aromatic rings. The third-order valence-corrected chi connectivity index (χ3v) is 3.81. The number of likely N-dealkylation sites (tertiary alicyclic amines) is 1. The summed E-state index contributed by atoms with van der Waals surface area (Å²) in [7, 11) is 0. The number of rotatable bonds is 3. The summed E-state index contributed by atoms with van der Waals surface area (Å²) < 4.78 is 4.55. The molecule has 0 amide bonds. The number of carbonyl (C=O) groups excluding carboxylic acids is 1. The lowest BCUT2D eigenvalue weighted by Crippen LogP contribution is -2.46. The van der Waals surface area contributed by atoms with E-state index in [1.165, 1.54) is 32.2 Å². The van der Waals surface area contributed by atoms with Crippen molar-refractivity contribution in [2.45, 2.75) is 64.1 Å². The normalized spacial score (nSPS) is 24.9. The third kappa shape index (κ3) is 6.20. The van der Waals surface area contributed by atoms with Crippen LogP contribution < -0.4 is 5.32 Å². The van der Waals surface area contributed by atoms with Crippen molar-refractivity contribution in [2.75, 3.05) is 26.2 Å². The van der Waals surface area contributed by atoms with Gasteiger partial charge in [0.2, 0.25) is 0 Å². The molecule has 5 heteroatoms. The van der Waals surface area contributed by atoms with Gasteiger partial charge in [-0.15, -0.1) is 0 Å². The van der Waals surface area contributed by atoms with Crippen LogP contribution in [0.2, 0.25) is 0 Å². The van der Waals surface area contributed by atoms with Gasteiger partial charge in [-0.25, -0.2) is 0 Å². The van der Waals surface area contributed by atoms with Gasteiger partial charge in [-0.1, -0.05) is 0 Å². The standard InChI is InChI=1S/C10H20N2O.C5H10O2/c13-8-10-2-1-7-12(10)9-3-5-11-6-4-9;1-5(2,3)7-4-6/h9-11,13H,1-8H2;4H,1-3H3. The minimum atomic E-state index is -0.318. The molecule has 0 aliphatic carbocycles. The van der Waals surface area contributed by atoms with Crippen molar-refractivity contribution in [3.05, 3.63) is 0 Å². The Balaban J connectivity index is 0.000000246. The second-order valence-corrected chi connectivity index (χ2v) is 6.52. The number of aliphatic hydroxyl groups excluding tert-OH is 1. The van der Waals surface area contributed by atoms with Crippen LogP contribution in [0.5, 0.6) is 0 Å². The summed E-state index contributed by atoms with van der Waals surface area (Å²) >= 11 is 0. The molecule has 1 atom stereocenters. The van der Waals surface area contributed by atoms with Crippen LogP contribution in [0.1, 0.15) is 46.5 Å². The van der Waals surface area contributed by atoms with Crippen molar-refractivity contribution in [1.82, 2.24) is 10.2 Å². The largest absolute Gasteiger partial charge is 0.462 e. The molecule has 0 aromatic heterocycles. The van der Waals surface area contributed by atoms with E-state index in [4.69, 9.17) is 0 Å². The van der Waals surface area contributed by atoms with Crippen molar-refractivity contribution >= 4 is 6.47 Å². The fraction of sp³-hybridized carbons (Fsp3) is 0.933. The lowest BCUT2D eigenvalue weighted by Gasteiger charge is -2.35. The Morgan fingerprint density at radius 3 is 2.40 bits per heavy atom. The first-order chi connectivity index (χ1) is 9.48. The van der Waals surface area contributed by atoms with E-state index in [2.05, 4.69) is 15.0 Å². The second kappa shape index (κ2) is 8.60. The van der Waals surface area contributed by atoms with Gasteiger partial charge in [0.15, 0.2) is 0 Å². The van der Waals surface area contributed by atoms with Gasteiger partial charge in [-0.05, 0) is 66.1 Å². The van der Waals surface area contributed by atoms with E-state index in [0.717, 1.165) is 19.1 Å². The smallest absolute Gasteiger partial charge is 0.293 e. The maximum Gasteiger partial charge on any atom is 0.293 e. The van der Waals surface area contributed by atoms with Gasteiger partial charge in [0.05, 0.1) is 6.61 Å². The minimum absolute atomic E-state index is 0.318. The SMILES string of the molecule is CC(C)(C)OC=O.OCC1CCCN1C1CCNCC1. The van der Waals surface area contributed by atoms with Crippen molar-refractivity contribution in [1.29, 1.82) is 0 Å². The Bertz CT molecular complexity index is 273. The Labute approximate surface area is 122 Å². The molecule has 0 spiro atoms. The third-order valence-electron chi connectivity index (χ3n) is 3.81.